The van der Waals surface area contributed by atoms with E-state index in [0.717, 1.165) is 18.4 Å². The lowest BCUT2D eigenvalue weighted by Crippen LogP contribution is -2.60. The SMILES string of the molecule is CC(C)(C)C1CN(C(CN)C2CCCCC2)C1. The fraction of sp³-hybridized carbons (Fsp3) is 1.00. The molecule has 0 aromatic heterocycles. The molecule has 0 amide bonds. The summed E-state index contributed by atoms with van der Waals surface area (Å²) in [4.78, 5) is 2.66. The molecule has 1 unspecified atom stereocenters. The second-order valence-corrected chi connectivity index (χ2v) is 7.22. The third-order valence-corrected chi connectivity index (χ3v) is 5.04. The number of nitrogens with two attached hydrogens (primary N) is 1. The van der Waals surface area contributed by atoms with Crippen molar-refractivity contribution >= 4 is 0 Å². The highest BCUT2D eigenvalue weighted by atomic mass is 15.2. The Balaban J connectivity index is 1.84. The van der Waals surface area contributed by atoms with Crippen LogP contribution in [0.5, 0.6) is 0 Å². The molecule has 2 heteroatoms. The summed E-state index contributed by atoms with van der Waals surface area (Å²) >= 11 is 0. The topological polar surface area (TPSA) is 29.3 Å². The molecule has 100 valence electrons. The predicted octanol–water partition coefficient (Wildman–Crippen LogP) is 2.87. The quantitative estimate of drug-likeness (QED) is 0.819. The second-order valence-electron chi connectivity index (χ2n) is 7.22. The van der Waals surface area contributed by atoms with Crippen molar-refractivity contribution in [1.29, 1.82) is 0 Å². The van der Waals surface area contributed by atoms with Gasteiger partial charge in [-0.1, -0.05) is 40.0 Å². The molecule has 2 fully saturated rings. The molecule has 0 aromatic carbocycles. The van der Waals surface area contributed by atoms with Gasteiger partial charge >= 0.3 is 0 Å². The van der Waals surface area contributed by atoms with Crippen LogP contribution in [0.3, 0.4) is 0 Å². The Labute approximate surface area is 107 Å². The molecule has 0 spiro atoms. The Morgan fingerprint density at radius 3 is 2.18 bits per heavy atom. The lowest BCUT2D eigenvalue weighted by atomic mass is 9.73. The minimum atomic E-state index is 0.474. The fourth-order valence-corrected chi connectivity index (χ4v) is 3.49. The van der Waals surface area contributed by atoms with Crippen LogP contribution in [-0.2, 0) is 0 Å². The summed E-state index contributed by atoms with van der Waals surface area (Å²) in [5.41, 5.74) is 6.50. The van der Waals surface area contributed by atoms with Crippen molar-refractivity contribution in [3.63, 3.8) is 0 Å². The molecule has 2 rings (SSSR count). The molecule has 2 nitrogen and oxygen atoms in total. The molecule has 1 saturated heterocycles. The summed E-state index contributed by atoms with van der Waals surface area (Å²) in [5.74, 6) is 1.76. The van der Waals surface area contributed by atoms with Gasteiger partial charge in [0, 0.05) is 25.7 Å². The van der Waals surface area contributed by atoms with Crippen molar-refractivity contribution in [3.05, 3.63) is 0 Å². The van der Waals surface area contributed by atoms with E-state index in [1.165, 1.54) is 45.2 Å². The number of hydrogen-bond donors (Lipinski definition) is 1. The summed E-state index contributed by atoms with van der Waals surface area (Å²) in [6.45, 7) is 10.5. The fourth-order valence-electron chi connectivity index (χ4n) is 3.49. The van der Waals surface area contributed by atoms with Gasteiger partial charge in [-0.05, 0) is 30.1 Å². The number of likely N-dealkylation sites (tertiary alicyclic amines) is 1. The van der Waals surface area contributed by atoms with E-state index < -0.39 is 0 Å². The van der Waals surface area contributed by atoms with Crippen LogP contribution < -0.4 is 5.73 Å². The highest BCUT2D eigenvalue weighted by Crippen LogP contribution is 2.38. The van der Waals surface area contributed by atoms with Crippen molar-refractivity contribution in [2.75, 3.05) is 19.6 Å². The van der Waals surface area contributed by atoms with Gasteiger partial charge in [0.2, 0.25) is 0 Å². The number of rotatable bonds is 3. The zero-order chi connectivity index (χ0) is 12.5. The molecule has 17 heavy (non-hydrogen) atoms. The molecule has 2 aliphatic rings. The highest BCUT2D eigenvalue weighted by Gasteiger charge is 2.40. The van der Waals surface area contributed by atoms with Crippen molar-refractivity contribution in [2.24, 2.45) is 23.0 Å². The van der Waals surface area contributed by atoms with E-state index in [2.05, 4.69) is 25.7 Å². The van der Waals surface area contributed by atoms with E-state index in [9.17, 15) is 0 Å². The number of hydrogen-bond acceptors (Lipinski definition) is 2. The van der Waals surface area contributed by atoms with E-state index in [1.54, 1.807) is 0 Å². The van der Waals surface area contributed by atoms with Gasteiger partial charge in [0.25, 0.3) is 0 Å². The average Bonchev–Trinajstić information content (AvgIpc) is 2.22. The summed E-state index contributed by atoms with van der Waals surface area (Å²) < 4.78 is 0. The summed E-state index contributed by atoms with van der Waals surface area (Å²) in [7, 11) is 0. The molecule has 1 saturated carbocycles. The third kappa shape index (κ3) is 3.03. The Morgan fingerprint density at radius 2 is 1.71 bits per heavy atom. The lowest BCUT2D eigenvalue weighted by Gasteiger charge is -2.52. The Hall–Kier alpha value is -0.0800. The Bertz CT molecular complexity index is 232. The molecule has 0 radical (unpaired) electrons. The van der Waals surface area contributed by atoms with Crippen molar-refractivity contribution in [1.82, 2.24) is 4.90 Å². The van der Waals surface area contributed by atoms with Crippen LogP contribution in [0.1, 0.15) is 52.9 Å². The standard InChI is InChI=1S/C15H30N2/c1-15(2,3)13-10-17(11-13)14(9-16)12-7-5-4-6-8-12/h12-14H,4-11,16H2,1-3H3. The maximum absolute atomic E-state index is 6.03. The second kappa shape index (κ2) is 5.27. The lowest BCUT2D eigenvalue weighted by molar-refractivity contribution is -0.0273. The first-order valence-corrected chi connectivity index (χ1v) is 7.46. The maximum Gasteiger partial charge on any atom is 0.0246 e. The van der Waals surface area contributed by atoms with Gasteiger partial charge in [0.05, 0.1) is 0 Å². The largest absolute Gasteiger partial charge is 0.329 e. The van der Waals surface area contributed by atoms with E-state index in [4.69, 9.17) is 5.73 Å². The molecule has 0 aromatic rings. The van der Waals surface area contributed by atoms with Crippen molar-refractivity contribution in [3.8, 4) is 0 Å². The van der Waals surface area contributed by atoms with Gasteiger partial charge in [-0.25, -0.2) is 0 Å². The van der Waals surface area contributed by atoms with Gasteiger partial charge < -0.3 is 5.73 Å². The minimum absolute atomic E-state index is 0.474. The molecule has 1 atom stereocenters. The van der Waals surface area contributed by atoms with Crippen LogP contribution in [0.2, 0.25) is 0 Å². The van der Waals surface area contributed by atoms with Crippen molar-refractivity contribution < 1.29 is 0 Å². The smallest absolute Gasteiger partial charge is 0.0246 e. The van der Waals surface area contributed by atoms with Crippen LogP contribution in [0.15, 0.2) is 0 Å². The first kappa shape index (κ1) is 13.4. The number of nitrogens with zero attached hydrogens (tertiary/aromatic N) is 1. The van der Waals surface area contributed by atoms with E-state index >= 15 is 0 Å². The summed E-state index contributed by atoms with van der Waals surface area (Å²) in [6, 6.07) is 0.675. The molecule has 1 aliphatic heterocycles. The molecule has 1 heterocycles. The van der Waals surface area contributed by atoms with Crippen LogP contribution in [0.4, 0.5) is 0 Å². The summed E-state index contributed by atoms with van der Waals surface area (Å²) in [5, 5.41) is 0. The molecule has 2 N–H and O–H groups in total. The third-order valence-electron chi connectivity index (χ3n) is 5.04. The van der Waals surface area contributed by atoms with Gasteiger partial charge in [0.1, 0.15) is 0 Å². The van der Waals surface area contributed by atoms with E-state index in [0.29, 0.717) is 11.5 Å². The van der Waals surface area contributed by atoms with E-state index in [-0.39, 0.29) is 0 Å². The van der Waals surface area contributed by atoms with Gasteiger partial charge in [0.15, 0.2) is 0 Å². The zero-order valence-corrected chi connectivity index (χ0v) is 11.9. The van der Waals surface area contributed by atoms with Crippen LogP contribution in [-0.4, -0.2) is 30.6 Å². The highest BCUT2D eigenvalue weighted by molar-refractivity contribution is 4.94. The minimum Gasteiger partial charge on any atom is -0.329 e. The average molecular weight is 238 g/mol. The maximum atomic E-state index is 6.03. The Kier molecular flexibility index (Phi) is 4.14. The van der Waals surface area contributed by atoms with Crippen LogP contribution >= 0.6 is 0 Å². The summed E-state index contributed by atoms with van der Waals surface area (Å²) in [6.07, 6.45) is 7.13. The first-order chi connectivity index (χ1) is 8.02. The molecular weight excluding hydrogens is 208 g/mol. The molecule has 1 aliphatic carbocycles. The Morgan fingerprint density at radius 1 is 1.12 bits per heavy atom. The van der Waals surface area contributed by atoms with Gasteiger partial charge in [-0.15, -0.1) is 0 Å². The van der Waals surface area contributed by atoms with Crippen LogP contribution in [0, 0.1) is 17.3 Å². The first-order valence-electron chi connectivity index (χ1n) is 7.46. The molecule has 0 bridgehead atoms. The zero-order valence-electron chi connectivity index (χ0n) is 11.9. The van der Waals surface area contributed by atoms with Gasteiger partial charge in [-0.3, -0.25) is 4.90 Å². The molecular formula is C15H30N2. The van der Waals surface area contributed by atoms with Gasteiger partial charge in [-0.2, -0.15) is 0 Å². The van der Waals surface area contributed by atoms with E-state index in [1.807, 2.05) is 0 Å². The predicted molar refractivity (Wildman–Crippen MR) is 73.9 cm³/mol. The van der Waals surface area contributed by atoms with Crippen molar-refractivity contribution in [2.45, 2.75) is 58.9 Å². The monoisotopic (exact) mass is 238 g/mol. The van der Waals surface area contributed by atoms with Crippen LogP contribution in [0.25, 0.3) is 0 Å². The normalized spacial score (nSPS) is 26.8.